The Kier molecular flexibility index (Phi) is 4.20. The topological polar surface area (TPSA) is 52.3 Å². The lowest BCUT2D eigenvalue weighted by atomic mass is 10.2. The molecule has 0 aliphatic carbocycles. The summed E-state index contributed by atoms with van der Waals surface area (Å²) in [6.07, 6.45) is 1.52. The van der Waals surface area contributed by atoms with Gasteiger partial charge < -0.3 is 9.15 Å². The monoisotopic (exact) mass is 267 g/mol. The van der Waals surface area contributed by atoms with E-state index in [0.717, 1.165) is 6.42 Å². The molecule has 1 heterocycles. The first-order valence-corrected chi connectivity index (χ1v) is 6.40. The number of carbonyl (C=O) groups is 1. The van der Waals surface area contributed by atoms with Crippen molar-refractivity contribution in [1.29, 1.82) is 0 Å². The highest BCUT2D eigenvalue weighted by atomic mass is 35.5. The van der Waals surface area contributed by atoms with Crippen LogP contribution >= 0.6 is 11.6 Å². The van der Waals surface area contributed by atoms with Gasteiger partial charge in [-0.3, -0.25) is 0 Å². The Labute approximate surface area is 110 Å². The molecule has 0 radical (unpaired) electrons. The Balaban J connectivity index is 2.25. The molecule has 0 spiro atoms. The summed E-state index contributed by atoms with van der Waals surface area (Å²) in [6.45, 7) is 2.13. The van der Waals surface area contributed by atoms with Crippen molar-refractivity contribution < 1.29 is 13.9 Å². The Hall–Kier alpha value is -1.55. The zero-order chi connectivity index (χ0) is 13.0. The predicted octanol–water partition coefficient (Wildman–Crippen LogP) is 3.18. The summed E-state index contributed by atoms with van der Waals surface area (Å²) >= 11 is 5.62. The van der Waals surface area contributed by atoms with Crippen molar-refractivity contribution in [2.75, 3.05) is 12.5 Å². The number of benzene rings is 1. The summed E-state index contributed by atoms with van der Waals surface area (Å²) in [5, 5.41) is 0. The third kappa shape index (κ3) is 2.82. The van der Waals surface area contributed by atoms with Crippen molar-refractivity contribution in [3.8, 4) is 0 Å². The fourth-order valence-electron chi connectivity index (χ4n) is 1.64. The Morgan fingerprint density at radius 3 is 3.06 bits per heavy atom. The molecule has 0 unspecified atom stereocenters. The van der Waals surface area contributed by atoms with Gasteiger partial charge in [0, 0.05) is 12.3 Å². The highest BCUT2D eigenvalue weighted by Crippen LogP contribution is 2.18. The minimum atomic E-state index is -0.343. The first kappa shape index (κ1) is 12.9. The van der Waals surface area contributed by atoms with Crippen LogP contribution in [0.15, 0.2) is 22.6 Å². The van der Waals surface area contributed by atoms with Gasteiger partial charge in [-0.2, -0.15) is 0 Å². The van der Waals surface area contributed by atoms with Gasteiger partial charge in [0.15, 0.2) is 11.5 Å². The number of halogens is 1. The molecule has 0 saturated heterocycles. The second-order valence-electron chi connectivity index (χ2n) is 3.80. The minimum Gasteiger partial charge on any atom is -0.462 e. The van der Waals surface area contributed by atoms with Gasteiger partial charge in [-0.15, -0.1) is 11.6 Å². The van der Waals surface area contributed by atoms with Gasteiger partial charge in [0.05, 0.1) is 12.2 Å². The van der Waals surface area contributed by atoms with E-state index in [4.69, 9.17) is 20.8 Å². The molecule has 18 heavy (non-hydrogen) atoms. The van der Waals surface area contributed by atoms with E-state index >= 15 is 0 Å². The number of nitrogens with zero attached hydrogens (tertiary/aromatic N) is 1. The van der Waals surface area contributed by atoms with E-state index in [-0.39, 0.29) is 5.97 Å². The van der Waals surface area contributed by atoms with E-state index in [2.05, 4.69) is 4.98 Å². The van der Waals surface area contributed by atoms with Crippen molar-refractivity contribution >= 4 is 28.7 Å². The van der Waals surface area contributed by atoms with Gasteiger partial charge in [0.1, 0.15) is 5.52 Å². The van der Waals surface area contributed by atoms with Crippen LogP contribution in [0.25, 0.3) is 11.1 Å². The maximum absolute atomic E-state index is 11.6. The second-order valence-corrected chi connectivity index (χ2v) is 4.18. The molecular formula is C13H14ClNO3. The zero-order valence-corrected chi connectivity index (χ0v) is 10.9. The quantitative estimate of drug-likeness (QED) is 0.617. The number of fused-ring (bicyclic) bond motifs is 1. The maximum Gasteiger partial charge on any atom is 0.338 e. The zero-order valence-electron chi connectivity index (χ0n) is 10.1. The van der Waals surface area contributed by atoms with Crippen LogP contribution in [-0.2, 0) is 11.2 Å². The molecule has 0 fully saturated rings. The second kappa shape index (κ2) is 5.87. The lowest BCUT2D eigenvalue weighted by Crippen LogP contribution is -2.03. The molecule has 0 aliphatic rings. The van der Waals surface area contributed by atoms with Crippen LogP contribution in [0.4, 0.5) is 0 Å². The number of aryl methyl sites for hydroxylation is 1. The average Bonchev–Trinajstić information content (AvgIpc) is 2.78. The van der Waals surface area contributed by atoms with E-state index in [9.17, 15) is 4.79 Å². The van der Waals surface area contributed by atoms with Crippen LogP contribution in [0.3, 0.4) is 0 Å². The summed E-state index contributed by atoms with van der Waals surface area (Å²) in [5.74, 6) is 0.878. The van der Waals surface area contributed by atoms with Crippen molar-refractivity contribution in [1.82, 2.24) is 4.98 Å². The van der Waals surface area contributed by atoms with E-state index in [1.165, 1.54) is 0 Å². The number of rotatable bonds is 5. The number of oxazole rings is 1. The highest BCUT2D eigenvalue weighted by molar-refractivity contribution is 6.17. The van der Waals surface area contributed by atoms with Gasteiger partial charge in [0.2, 0.25) is 0 Å². The molecular weight excluding hydrogens is 254 g/mol. The molecule has 0 aliphatic heterocycles. The van der Waals surface area contributed by atoms with E-state index in [1.54, 1.807) is 25.1 Å². The van der Waals surface area contributed by atoms with E-state index < -0.39 is 0 Å². The highest BCUT2D eigenvalue weighted by Gasteiger charge is 2.11. The van der Waals surface area contributed by atoms with E-state index in [0.29, 0.717) is 41.5 Å². The first-order chi connectivity index (χ1) is 8.74. The molecule has 2 aromatic rings. The molecule has 1 aromatic heterocycles. The summed E-state index contributed by atoms with van der Waals surface area (Å²) in [6, 6.07) is 5.09. The van der Waals surface area contributed by atoms with Gasteiger partial charge in [-0.1, -0.05) is 0 Å². The number of hydrogen-bond acceptors (Lipinski definition) is 4. The average molecular weight is 268 g/mol. The van der Waals surface area contributed by atoms with Crippen LogP contribution in [0.5, 0.6) is 0 Å². The molecule has 0 amide bonds. The minimum absolute atomic E-state index is 0.343. The molecule has 96 valence electrons. The molecule has 0 atom stereocenters. The van der Waals surface area contributed by atoms with Gasteiger partial charge in [-0.25, -0.2) is 9.78 Å². The Morgan fingerprint density at radius 1 is 1.50 bits per heavy atom. The molecule has 1 aromatic carbocycles. The SMILES string of the molecule is CCOC(=O)c1ccc2oc(CCCCl)nc2c1. The fourth-order valence-corrected chi connectivity index (χ4v) is 1.78. The maximum atomic E-state index is 11.6. The largest absolute Gasteiger partial charge is 0.462 e. The standard InChI is InChI=1S/C13H14ClNO3/c1-2-17-13(16)9-5-6-11-10(8-9)15-12(18-11)4-3-7-14/h5-6,8H,2-4,7H2,1H3. The third-order valence-electron chi connectivity index (χ3n) is 2.47. The summed E-state index contributed by atoms with van der Waals surface area (Å²) in [7, 11) is 0. The van der Waals surface area contributed by atoms with E-state index in [1.807, 2.05) is 0 Å². The number of esters is 1. The van der Waals surface area contributed by atoms with Crippen LogP contribution in [0, 0.1) is 0 Å². The Morgan fingerprint density at radius 2 is 2.33 bits per heavy atom. The van der Waals surface area contributed by atoms with Crippen molar-refractivity contribution in [3.05, 3.63) is 29.7 Å². The van der Waals surface area contributed by atoms with Gasteiger partial charge >= 0.3 is 5.97 Å². The fraction of sp³-hybridized carbons (Fsp3) is 0.385. The molecule has 0 saturated carbocycles. The van der Waals surface area contributed by atoms with Gasteiger partial charge in [-0.05, 0) is 31.5 Å². The predicted molar refractivity (Wildman–Crippen MR) is 69.0 cm³/mol. The van der Waals surface area contributed by atoms with Crippen LogP contribution in [-0.4, -0.2) is 23.4 Å². The number of alkyl halides is 1. The molecule has 5 heteroatoms. The lowest BCUT2D eigenvalue weighted by molar-refractivity contribution is 0.0526. The molecule has 0 bridgehead atoms. The summed E-state index contributed by atoms with van der Waals surface area (Å²) < 4.78 is 10.5. The van der Waals surface area contributed by atoms with Crippen molar-refractivity contribution in [2.24, 2.45) is 0 Å². The number of carbonyl (C=O) groups excluding carboxylic acids is 1. The first-order valence-electron chi connectivity index (χ1n) is 5.87. The lowest BCUT2D eigenvalue weighted by Gasteiger charge is -2.00. The number of hydrogen-bond donors (Lipinski definition) is 0. The Bertz CT molecular complexity index is 550. The third-order valence-corrected chi connectivity index (χ3v) is 2.73. The normalized spacial score (nSPS) is 10.8. The van der Waals surface area contributed by atoms with Crippen LogP contribution in [0.2, 0.25) is 0 Å². The molecule has 2 rings (SSSR count). The van der Waals surface area contributed by atoms with Crippen LogP contribution < -0.4 is 0 Å². The number of aromatic nitrogens is 1. The van der Waals surface area contributed by atoms with Gasteiger partial charge in [0.25, 0.3) is 0 Å². The van der Waals surface area contributed by atoms with Crippen molar-refractivity contribution in [3.63, 3.8) is 0 Å². The number of ether oxygens (including phenoxy) is 1. The smallest absolute Gasteiger partial charge is 0.338 e. The summed E-state index contributed by atoms with van der Waals surface area (Å²) in [5.41, 5.74) is 1.83. The van der Waals surface area contributed by atoms with Crippen LogP contribution in [0.1, 0.15) is 29.6 Å². The molecule has 0 N–H and O–H groups in total. The summed E-state index contributed by atoms with van der Waals surface area (Å²) in [4.78, 5) is 15.9. The van der Waals surface area contributed by atoms with Crippen molar-refractivity contribution in [2.45, 2.75) is 19.8 Å². The molecule has 4 nitrogen and oxygen atoms in total.